The smallest absolute Gasteiger partial charge is 0.326 e. The number of aliphatic hydroxyl groups excluding tert-OH is 1. The predicted octanol–water partition coefficient (Wildman–Crippen LogP) is 7.69. The molecule has 414 valence electrons. The molecule has 0 amide bonds. The molecule has 3 saturated heterocycles. The number of H-pyrrole nitrogens is 3. The first kappa shape index (κ1) is 52.2. The Morgan fingerprint density at radius 1 is 0.617 bits per heavy atom. The predicted molar refractivity (Wildman–Crippen MR) is 301 cm³/mol. The van der Waals surface area contributed by atoms with Crippen molar-refractivity contribution in [2.75, 3.05) is 47.4 Å². The van der Waals surface area contributed by atoms with Crippen molar-refractivity contribution < 1.29 is 19.3 Å². The molecule has 3 aliphatic heterocycles. The van der Waals surface area contributed by atoms with Crippen molar-refractivity contribution in [2.24, 2.45) is 11.7 Å². The highest BCUT2D eigenvalue weighted by Gasteiger charge is 2.40. The quantitative estimate of drug-likeness (QED) is 0.0549. The number of aryl methyl sites for hydroxylation is 3. The second kappa shape index (κ2) is 22.0. The standard InChI is InChI=1S/C53H52Cl3N21O4/c1-3-33-40(54)38-46(66-33)70-53(81-32-18-62-25-63-19-32)74-50(38)77-9-4-5-35(77)44(78)26(2)43-42(56)39-47(68-43)71-52(80-31-16-60-24-61-17-31)73-49(39)76-20-28(21-76)11-27-12-64-36(65-13-27)7-6-34-41(55)37-45(67-34)69-51(79-30-14-58-23-59-15-30)72-48(37)75-10-8-29(57)22-75/h12-19,23-26,28-29,35,44,78H,3-11,20-22,57H2,1-2H3,(H,66,70,74)(H,67,69,72)(H,68,71,73). The van der Waals surface area contributed by atoms with Crippen molar-refractivity contribution >= 4 is 85.4 Å². The summed E-state index contributed by atoms with van der Waals surface area (Å²) in [5.41, 5.74) is 11.0. The van der Waals surface area contributed by atoms with Crippen LogP contribution in [0.25, 0.3) is 33.1 Å². The number of ether oxygens (including phenoxy) is 3. The van der Waals surface area contributed by atoms with Gasteiger partial charge in [-0.25, -0.2) is 39.9 Å². The molecule has 3 fully saturated rings. The van der Waals surface area contributed by atoms with E-state index in [1.54, 1.807) is 12.4 Å². The van der Waals surface area contributed by atoms with Crippen LogP contribution >= 0.6 is 34.8 Å². The lowest BCUT2D eigenvalue weighted by atomic mass is 9.92. The zero-order chi connectivity index (χ0) is 55.3. The van der Waals surface area contributed by atoms with Gasteiger partial charge in [-0.15, -0.1) is 0 Å². The number of halogens is 3. The van der Waals surface area contributed by atoms with Gasteiger partial charge in [-0.1, -0.05) is 48.7 Å². The van der Waals surface area contributed by atoms with Gasteiger partial charge < -0.3 is 54.7 Å². The first-order valence-electron chi connectivity index (χ1n) is 26.6. The van der Waals surface area contributed by atoms with Gasteiger partial charge in [-0.3, -0.25) is 0 Å². The summed E-state index contributed by atoms with van der Waals surface area (Å²) in [6, 6.07) is -0.0682. The van der Waals surface area contributed by atoms with Crippen LogP contribution in [0.5, 0.6) is 35.3 Å². The number of nitrogens with zero attached hydrogens (tertiary/aromatic N) is 17. The Balaban J connectivity index is 0.716. The lowest BCUT2D eigenvalue weighted by Crippen LogP contribution is -2.48. The summed E-state index contributed by atoms with van der Waals surface area (Å²) in [5.74, 6) is 3.34. The molecule has 0 saturated carbocycles. The van der Waals surface area contributed by atoms with Crippen molar-refractivity contribution in [3.8, 4) is 35.3 Å². The van der Waals surface area contributed by atoms with E-state index < -0.39 is 18.1 Å². The van der Waals surface area contributed by atoms with Crippen molar-refractivity contribution in [3.05, 3.63) is 112 Å². The Morgan fingerprint density at radius 2 is 1.14 bits per heavy atom. The third kappa shape index (κ3) is 10.3. The monoisotopic (exact) mass is 1150 g/mol. The van der Waals surface area contributed by atoms with Crippen molar-refractivity contribution in [2.45, 2.75) is 82.9 Å². The number of fused-ring (bicyclic) bond motifs is 3. The summed E-state index contributed by atoms with van der Waals surface area (Å²) < 4.78 is 18.1. The molecule has 0 aromatic carbocycles. The summed E-state index contributed by atoms with van der Waals surface area (Å²) >= 11 is 21.5. The van der Waals surface area contributed by atoms with Gasteiger partial charge in [0, 0.05) is 80.6 Å². The number of hydrogen-bond acceptors (Lipinski definition) is 22. The second-order valence-electron chi connectivity index (χ2n) is 20.4. The molecule has 6 N–H and O–H groups in total. The number of nitrogens with two attached hydrogens (primary N) is 1. The third-order valence-corrected chi connectivity index (χ3v) is 16.2. The normalized spacial score (nSPS) is 17.4. The largest absolute Gasteiger partial charge is 0.421 e. The van der Waals surface area contributed by atoms with E-state index in [2.05, 4.69) is 69.5 Å². The molecule has 0 spiro atoms. The average molecular weight is 1150 g/mol. The maximum atomic E-state index is 12.5. The maximum absolute atomic E-state index is 12.5. The number of anilines is 3. The topological polar surface area (TPSA) is 311 Å². The van der Waals surface area contributed by atoms with Crippen molar-refractivity contribution in [3.63, 3.8) is 0 Å². The van der Waals surface area contributed by atoms with Crippen LogP contribution in [0.1, 0.15) is 67.5 Å². The van der Waals surface area contributed by atoms with Gasteiger partial charge in [-0.2, -0.15) is 29.9 Å². The number of rotatable bonds is 18. The van der Waals surface area contributed by atoms with Gasteiger partial charge in [-0.05, 0) is 50.0 Å². The Kier molecular flexibility index (Phi) is 14.2. The van der Waals surface area contributed by atoms with Crippen LogP contribution in [0.15, 0.2) is 68.6 Å². The zero-order valence-electron chi connectivity index (χ0n) is 43.7. The summed E-state index contributed by atoms with van der Waals surface area (Å²) in [6.45, 7) is 7.22. The van der Waals surface area contributed by atoms with Crippen LogP contribution in [-0.4, -0.2) is 141 Å². The third-order valence-electron chi connectivity index (χ3n) is 15.0. The highest BCUT2D eigenvalue weighted by Crippen LogP contribution is 2.45. The van der Waals surface area contributed by atoms with Crippen LogP contribution in [-0.2, 0) is 25.7 Å². The molecule has 3 aliphatic rings. The highest BCUT2D eigenvalue weighted by atomic mass is 35.5. The molecule has 81 heavy (non-hydrogen) atoms. The van der Waals surface area contributed by atoms with E-state index in [4.69, 9.17) is 84.7 Å². The summed E-state index contributed by atoms with van der Waals surface area (Å²) in [6.07, 6.45) is 21.0. The summed E-state index contributed by atoms with van der Waals surface area (Å²) in [4.78, 5) is 79.2. The molecular weight excluding hydrogens is 1100 g/mol. The Morgan fingerprint density at radius 3 is 1.70 bits per heavy atom. The lowest BCUT2D eigenvalue weighted by molar-refractivity contribution is 0.120. The Bertz CT molecular complexity index is 3890. The van der Waals surface area contributed by atoms with Crippen molar-refractivity contribution in [1.29, 1.82) is 0 Å². The van der Waals surface area contributed by atoms with Crippen LogP contribution in [0.2, 0.25) is 15.1 Å². The number of nitrogens with one attached hydrogen (secondary N) is 3. The van der Waals surface area contributed by atoms with E-state index in [1.165, 1.54) is 43.8 Å². The van der Waals surface area contributed by atoms with E-state index in [9.17, 15) is 5.11 Å². The second-order valence-corrected chi connectivity index (χ2v) is 21.5. The SMILES string of the molecule is CCc1[nH]c2nc(Oc3cncnc3)nc(N3CCCC3C(O)C(C)c3[nH]c4nc(Oc5cncnc5)nc(N5CC(Cc6cnc(CCc7[nH]c8nc(Oc9cncnc9)nc(N9CCC(N)C9)c8c7Cl)nc6)C5)c4c3Cl)c2c1Cl. The Labute approximate surface area is 476 Å². The molecule has 28 heteroatoms. The van der Waals surface area contributed by atoms with Crippen LogP contribution in [0.3, 0.4) is 0 Å². The maximum Gasteiger partial charge on any atom is 0.326 e. The Hall–Kier alpha value is -8.23. The molecule has 0 bridgehead atoms. The van der Waals surface area contributed by atoms with Crippen LogP contribution < -0.4 is 34.6 Å². The van der Waals surface area contributed by atoms with E-state index in [0.29, 0.717) is 146 Å². The van der Waals surface area contributed by atoms with E-state index in [1.807, 2.05) is 26.2 Å². The van der Waals surface area contributed by atoms with Crippen LogP contribution in [0.4, 0.5) is 17.5 Å². The highest BCUT2D eigenvalue weighted by molar-refractivity contribution is 6.38. The van der Waals surface area contributed by atoms with Gasteiger partial charge in [0.2, 0.25) is 0 Å². The molecule has 4 atom stereocenters. The molecule has 4 unspecified atom stereocenters. The number of aliphatic hydroxyl groups is 1. The van der Waals surface area contributed by atoms with E-state index >= 15 is 0 Å². The molecule has 25 nitrogen and oxygen atoms in total. The molecule has 0 aliphatic carbocycles. The fraction of sp³-hybridized carbons (Fsp3) is 0.358. The van der Waals surface area contributed by atoms with Gasteiger partial charge in [0.1, 0.15) is 59.2 Å². The molecule has 13 heterocycles. The lowest BCUT2D eigenvalue weighted by Gasteiger charge is -2.40. The van der Waals surface area contributed by atoms with E-state index in [-0.39, 0.29) is 30.0 Å². The van der Waals surface area contributed by atoms with Gasteiger partial charge in [0.05, 0.1) is 80.6 Å². The fourth-order valence-electron chi connectivity index (χ4n) is 11.0. The number of hydrogen-bond donors (Lipinski definition) is 5. The molecule has 13 rings (SSSR count). The van der Waals surface area contributed by atoms with Crippen molar-refractivity contribution in [1.82, 2.24) is 84.7 Å². The summed E-state index contributed by atoms with van der Waals surface area (Å²) in [7, 11) is 0. The molecule has 0 radical (unpaired) electrons. The summed E-state index contributed by atoms with van der Waals surface area (Å²) in [5, 5.41) is 15.9. The number of aromatic nitrogens is 17. The molecule has 10 aromatic heterocycles. The van der Waals surface area contributed by atoms with Crippen LogP contribution in [0, 0.1) is 5.92 Å². The molecular formula is C53H52Cl3N21O4. The molecule has 10 aromatic rings. The van der Waals surface area contributed by atoms with E-state index in [0.717, 1.165) is 42.8 Å². The minimum atomic E-state index is -0.936. The first-order chi connectivity index (χ1) is 39.5. The minimum absolute atomic E-state index is 0.0155. The first-order valence-corrected chi connectivity index (χ1v) is 27.7. The van der Waals surface area contributed by atoms with Gasteiger partial charge in [0.25, 0.3) is 0 Å². The van der Waals surface area contributed by atoms with Gasteiger partial charge in [0.15, 0.2) is 17.2 Å². The zero-order valence-corrected chi connectivity index (χ0v) is 46.0. The number of aromatic amines is 3. The minimum Gasteiger partial charge on any atom is -0.421 e. The average Bonchev–Trinajstić information content (AvgIpc) is 4.42. The fourth-order valence-corrected chi connectivity index (χ4v) is 12.1. The van der Waals surface area contributed by atoms with Gasteiger partial charge >= 0.3 is 18.0 Å².